The number of carbonyl (C=O) groups excluding carboxylic acids is 2. The first-order valence-corrected chi connectivity index (χ1v) is 17.6. The van der Waals surface area contributed by atoms with Crippen molar-refractivity contribution in [3.05, 3.63) is 125 Å². The Hall–Kier alpha value is -4.34. The maximum Gasteiger partial charge on any atom is 0.264 e. The average Bonchev–Trinajstić information content (AvgIpc) is 3.59. The summed E-state index contributed by atoms with van der Waals surface area (Å²) in [5.41, 5.74) is 2.53. The summed E-state index contributed by atoms with van der Waals surface area (Å²) in [4.78, 5) is 30.4. The van der Waals surface area contributed by atoms with Crippen LogP contribution in [0.4, 0.5) is 5.69 Å². The van der Waals surface area contributed by atoms with Crippen LogP contribution >= 0.6 is 11.6 Å². The molecular weight excluding hydrogens is 634 g/mol. The van der Waals surface area contributed by atoms with Crippen LogP contribution in [-0.2, 0) is 32.6 Å². The van der Waals surface area contributed by atoms with Gasteiger partial charge in [-0.05, 0) is 78.9 Å². The molecule has 1 atom stereocenters. The molecule has 47 heavy (non-hydrogen) atoms. The number of carbonyl (C=O) groups is 2. The number of nitrogens with one attached hydrogen (secondary N) is 1. The normalized spacial score (nSPS) is 13.9. The van der Waals surface area contributed by atoms with Gasteiger partial charge in [0.1, 0.15) is 18.3 Å². The van der Waals surface area contributed by atoms with Gasteiger partial charge in [0, 0.05) is 24.0 Å². The Balaban J connectivity index is 1.59. The molecule has 1 aliphatic carbocycles. The van der Waals surface area contributed by atoms with E-state index in [1.165, 1.54) is 17.0 Å². The minimum absolute atomic E-state index is 0.0289. The van der Waals surface area contributed by atoms with E-state index < -0.39 is 28.5 Å². The van der Waals surface area contributed by atoms with Gasteiger partial charge in [-0.1, -0.05) is 85.1 Å². The number of halogens is 1. The highest BCUT2D eigenvalue weighted by Crippen LogP contribution is 2.30. The Morgan fingerprint density at radius 2 is 1.55 bits per heavy atom. The molecule has 0 unspecified atom stereocenters. The van der Waals surface area contributed by atoms with E-state index in [-0.39, 0.29) is 29.8 Å². The molecule has 0 bridgehead atoms. The zero-order valence-corrected chi connectivity index (χ0v) is 28.2. The van der Waals surface area contributed by atoms with Crippen LogP contribution in [0.5, 0.6) is 5.75 Å². The van der Waals surface area contributed by atoms with Crippen LogP contribution in [0.1, 0.15) is 42.4 Å². The van der Waals surface area contributed by atoms with E-state index in [1.54, 1.807) is 56.5 Å². The third-order valence-electron chi connectivity index (χ3n) is 8.50. The van der Waals surface area contributed by atoms with Gasteiger partial charge in [0.2, 0.25) is 11.8 Å². The quantitative estimate of drug-likeness (QED) is 0.174. The maximum atomic E-state index is 14.7. The standard InChI is InChI=1S/C37H40ClN3O5S/c1-27-22-30(38)20-21-34(27)41(47(44,45)33-18-7-4-8-19-33)26-36(42)40(25-29-14-11-17-32(23-29)46-2)35(24-28-12-5-3-6-13-28)37(43)39-31-15-9-10-16-31/h3-8,11-14,17-23,31,35H,9-10,15-16,24-26H2,1-2H3,(H,39,43)/t35-/m0/s1. The van der Waals surface area contributed by atoms with E-state index in [1.807, 2.05) is 48.5 Å². The highest BCUT2D eigenvalue weighted by molar-refractivity contribution is 7.92. The van der Waals surface area contributed by atoms with Crippen molar-refractivity contribution in [2.45, 2.75) is 62.6 Å². The highest BCUT2D eigenvalue weighted by atomic mass is 35.5. The Labute approximate surface area is 282 Å². The lowest BCUT2D eigenvalue weighted by molar-refractivity contribution is -0.140. The van der Waals surface area contributed by atoms with Crippen molar-refractivity contribution in [2.24, 2.45) is 0 Å². The molecule has 10 heteroatoms. The van der Waals surface area contributed by atoms with Crippen molar-refractivity contribution >= 4 is 39.1 Å². The van der Waals surface area contributed by atoms with Gasteiger partial charge in [0.25, 0.3) is 10.0 Å². The number of anilines is 1. The summed E-state index contributed by atoms with van der Waals surface area (Å²) in [6.07, 6.45) is 4.08. The monoisotopic (exact) mass is 673 g/mol. The number of aryl methyl sites for hydroxylation is 1. The smallest absolute Gasteiger partial charge is 0.264 e. The second-order valence-electron chi connectivity index (χ2n) is 11.8. The van der Waals surface area contributed by atoms with Crippen LogP contribution < -0.4 is 14.4 Å². The summed E-state index contributed by atoms with van der Waals surface area (Å²) in [7, 11) is -2.64. The van der Waals surface area contributed by atoms with Crippen molar-refractivity contribution < 1.29 is 22.7 Å². The van der Waals surface area contributed by atoms with Crippen molar-refractivity contribution in [1.29, 1.82) is 0 Å². The SMILES string of the molecule is COc1cccc(CN(C(=O)CN(c2ccc(Cl)cc2C)S(=O)(=O)c2ccccc2)[C@@H](Cc2ccccc2)C(=O)NC2CCCC2)c1. The van der Waals surface area contributed by atoms with Crippen LogP contribution in [0.15, 0.2) is 108 Å². The van der Waals surface area contributed by atoms with E-state index >= 15 is 0 Å². The highest BCUT2D eigenvalue weighted by Gasteiger charge is 2.36. The van der Waals surface area contributed by atoms with Crippen LogP contribution in [0.2, 0.25) is 5.02 Å². The molecule has 246 valence electrons. The summed E-state index contributed by atoms with van der Waals surface area (Å²) in [6, 6.07) is 28.8. The number of benzene rings is 4. The molecule has 2 amide bonds. The number of ether oxygens (including phenoxy) is 1. The molecule has 0 aliphatic heterocycles. The molecule has 0 radical (unpaired) electrons. The Morgan fingerprint density at radius 1 is 0.894 bits per heavy atom. The van der Waals surface area contributed by atoms with Crippen molar-refractivity contribution in [1.82, 2.24) is 10.2 Å². The number of hydrogen-bond acceptors (Lipinski definition) is 5. The lowest BCUT2D eigenvalue weighted by Crippen LogP contribution is -2.54. The number of sulfonamides is 1. The molecule has 0 aromatic heterocycles. The molecule has 0 saturated heterocycles. The molecule has 5 rings (SSSR count). The molecule has 4 aromatic rings. The minimum atomic E-state index is -4.20. The number of hydrogen-bond donors (Lipinski definition) is 1. The fourth-order valence-electron chi connectivity index (χ4n) is 6.02. The minimum Gasteiger partial charge on any atom is -0.497 e. The fourth-order valence-corrected chi connectivity index (χ4v) is 7.75. The molecular formula is C37H40ClN3O5S. The molecule has 4 aromatic carbocycles. The van der Waals surface area contributed by atoms with E-state index in [0.717, 1.165) is 41.1 Å². The fraction of sp³-hybridized carbons (Fsp3) is 0.297. The average molecular weight is 674 g/mol. The zero-order chi connectivity index (χ0) is 33.4. The maximum absolute atomic E-state index is 14.7. The molecule has 1 saturated carbocycles. The van der Waals surface area contributed by atoms with Crippen LogP contribution in [0.3, 0.4) is 0 Å². The molecule has 1 aliphatic rings. The molecule has 1 N–H and O–H groups in total. The summed E-state index contributed by atoms with van der Waals surface area (Å²) >= 11 is 6.25. The third-order valence-corrected chi connectivity index (χ3v) is 10.5. The van der Waals surface area contributed by atoms with E-state index in [0.29, 0.717) is 22.0 Å². The summed E-state index contributed by atoms with van der Waals surface area (Å²) < 4.78 is 35.0. The topological polar surface area (TPSA) is 96.0 Å². The molecule has 8 nitrogen and oxygen atoms in total. The van der Waals surface area contributed by atoms with E-state index in [4.69, 9.17) is 16.3 Å². The number of methoxy groups -OCH3 is 1. The van der Waals surface area contributed by atoms with Gasteiger partial charge < -0.3 is 15.0 Å². The predicted octanol–water partition coefficient (Wildman–Crippen LogP) is 6.55. The Kier molecular flexibility index (Phi) is 11.2. The van der Waals surface area contributed by atoms with Crippen molar-refractivity contribution in [3.63, 3.8) is 0 Å². The van der Waals surface area contributed by atoms with Gasteiger partial charge in [-0.15, -0.1) is 0 Å². The molecule has 1 fully saturated rings. The second kappa shape index (κ2) is 15.5. The number of nitrogens with zero attached hydrogens (tertiary/aromatic N) is 2. The van der Waals surface area contributed by atoms with E-state index in [2.05, 4.69) is 5.32 Å². The van der Waals surface area contributed by atoms with Gasteiger partial charge in [-0.2, -0.15) is 0 Å². The zero-order valence-electron chi connectivity index (χ0n) is 26.6. The van der Waals surface area contributed by atoms with Crippen LogP contribution in [0, 0.1) is 6.92 Å². The number of rotatable bonds is 13. The number of amides is 2. The van der Waals surface area contributed by atoms with Gasteiger partial charge >= 0.3 is 0 Å². The second-order valence-corrected chi connectivity index (χ2v) is 14.1. The lowest BCUT2D eigenvalue weighted by Gasteiger charge is -2.34. The van der Waals surface area contributed by atoms with Gasteiger partial charge in [0.15, 0.2) is 0 Å². The van der Waals surface area contributed by atoms with Crippen molar-refractivity contribution in [3.8, 4) is 5.75 Å². The summed E-state index contributed by atoms with van der Waals surface area (Å²) in [5, 5.41) is 3.64. The summed E-state index contributed by atoms with van der Waals surface area (Å²) in [5.74, 6) is -0.184. The van der Waals surface area contributed by atoms with Crippen LogP contribution in [-0.4, -0.2) is 50.9 Å². The third kappa shape index (κ3) is 8.53. The largest absolute Gasteiger partial charge is 0.497 e. The first kappa shape index (κ1) is 34.0. The lowest BCUT2D eigenvalue weighted by atomic mass is 10.0. The predicted molar refractivity (Wildman–Crippen MR) is 185 cm³/mol. The van der Waals surface area contributed by atoms with Gasteiger partial charge in [-0.25, -0.2) is 8.42 Å². The molecule has 0 spiro atoms. The molecule has 0 heterocycles. The van der Waals surface area contributed by atoms with Crippen LogP contribution in [0.25, 0.3) is 0 Å². The van der Waals surface area contributed by atoms with Crippen molar-refractivity contribution in [2.75, 3.05) is 18.0 Å². The first-order chi connectivity index (χ1) is 22.7. The van der Waals surface area contributed by atoms with E-state index in [9.17, 15) is 18.0 Å². The Bertz CT molecular complexity index is 1780. The Morgan fingerprint density at radius 3 is 2.21 bits per heavy atom. The summed E-state index contributed by atoms with van der Waals surface area (Å²) in [6.45, 7) is 1.27. The van der Waals surface area contributed by atoms with Gasteiger partial charge in [-0.3, -0.25) is 13.9 Å². The van der Waals surface area contributed by atoms with Gasteiger partial charge in [0.05, 0.1) is 17.7 Å². The first-order valence-electron chi connectivity index (χ1n) is 15.8.